The van der Waals surface area contributed by atoms with Gasteiger partial charge >= 0.3 is 6.18 Å². The summed E-state index contributed by atoms with van der Waals surface area (Å²) < 4.78 is 41.7. The van der Waals surface area contributed by atoms with Gasteiger partial charge in [-0.25, -0.2) is 0 Å². The number of rotatable bonds is 3. The SMILES string of the molecule is CO/C(=C/C(=O)C(F)(F)F)c1ccc(Br)cc1. The van der Waals surface area contributed by atoms with Gasteiger partial charge in [-0.1, -0.05) is 28.1 Å². The maximum Gasteiger partial charge on any atom is 0.454 e. The third-order valence-corrected chi connectivity index (χ3v) is 2.42. The normalized spacial score (nSPS) is 12.4. The van der Waals surface area contributed by atoms with Gasteiger partial charge in [0.05, 0.1) is 7.11 Å². The van der Waals surface area contributed by atoms with Crippen molar-refractivity contribution < 1.29 is 22.7 Å². The van der Waals surface area contributed by atoms with Crippen LogP contribution in [-0.2, 0) is 9.53 Å². The molecule has 0 saturated heterocycles. The van der Waals surface area contributed by atoms with Crippen molar-refractivity contribution in [2.75, 3.05) is 7.11 Å². The number of ketones is 1. The molecular weight excluding hydrogens is 301 g/mol. The Morgan fingerprint density at radius 1 is 1.29 bits per heavy atom. The molecule has 0 aliphatic carbocycles. The van der Waals surface area contributed by atoms with Crippen molar-refractivity contribution in [1.29, 1.82) is 0 Å². The van der Waals surface area contributed by atoms with E-state index in [-0.39, 0.29) is 5.76 Å². The summed E-state index contributed by atoms with van der Waals surface area (Å²) in [4.78, 5) is 10.8. The van der Waals surface area contributed by atoms with E-state index in [9.17, 15) is 18.0 Å². The Kier molecular flexibility index (Phi) is 4.34. The molecule has 2 nitrogen and oxygen atoms in total. The molecule has 0 N–H and O–H groups in total. The smallest absolute Gasteiger partial charge is 0.454 e. The molecule has 0 saturated carbocycles. The second kappa shape index (κ2) is 5.35. The van der Waals surface area contributed by atoms with Crippen molar-refractivity contribution >= 4 is 27.5 Å². The van der Waals surface area contributed by atoms with Gasteiger partial charge in [0, 0.05) is 16.1 Å². The number of alkyl halides is 3. The number of carbonyl (C=O) groups is 1. The first-order valence-electron chi connectivity index (χ1n) is 4.47. The van der Waals surface area contributed by atoms with Crippen LogP contribution in [0.1, 0.15) is 5.56 Å². The zero-order chi connectivity index (χ0) is 13.1. The maximum atomic E-state index is 12.1. The minimum Gasteiger partial charge on any atom is -0.496 e. The highest BCUT2D eigenvalue weighted by Crippen LogP contribution is 2.22. The summed E-state index contributed by atoms with van der Waals surface area (Å²) in [7, 11) is 1.21. The molecule has 0 unspecified atom stereocenters. The predicted molar refractivity (Wildman–Crippen MR) is 60.2 cm³/mol. The fourth-order valence-corrected chi connectivity index (χ4v) is 1.34. The van der Waals surface area contributed by atoms with Crippen LogP contribution in [-0.4, -0.2) is 19.1 Å². The number of methoxy groups -OCH3 is 1. The molecule has 92 valence electrons. The highest BCUT2D eigenvalue weighted by atomic mass is 79.9. The summed E-state index contributed by atoms with van der Waals surface area (Å²) in [6.45, 7) is 0. The average Bonchev–Trinajstić information content (AvgIpc) is 2.25. The molecule has 0 aliphatic rings. The summed E-state index contributed by atoms with van der Waals surface area (Å²) in [5, 5.41) is 0. The van der Waals surface area contributed by atoms with Gasteiger partial charge in [0.1, 0.15) is 5.76 Å². The Hall–Kier alpha value is -1.30. The lowest BCUT2D eigenvalue weighted by molar-refractivity contribution is -0.165. The van der Waals surface area contributed by atoms with Crippen molar-refractivity contribution in [3.8, 4) is 0 Å². The number of ether oxygens (including phenoxy) is 1. The van der Waals surface area contributed by atoms with Gasteiger partial charge in [0.15, 0.2) is 0 Å². The Morgan fingerprint density at radius 3 is 2.24 bits per heavy atom. The summed E-state index contributed by atoms with van der Waals surface area (Å²) in [5.41, 5.74) is 0.397. The molecule has 0 spiro atoms. The first-order valence-corrected chi connectivity index (χ1v) is 5.26. The van der Waals surface area contributed by atoms with Crippen molar-refractivity contribution in [2.45, 2.75) is 6.18 Å². The number of carbonyl (C=O) groups excluding carboxylic acids is 1. The van der Waals surface area contributed by atoms with Crippen LogP contribution in [0.5, 0.6) is 0 Å². The van der Waals surface area contributed by atoms with Crippen LogP contribution in [0, 0.1) is 0 Å². The van der Waals surface area contributed by atoms with Gasteiger partial charge in [-0.2, -0.15) is 13.2 Å². The van der Waals surface area contributed by atoms with E-state index in [1.807, 2.05) is 0 Å². The van der Waals surface area contributed by atoms with E-state index in [0.717, 1.165) is 4.47 Å². The van der Waals surface area contributed by atoms with E-state index in [1.54, 1.807) is 24.3 Å². The molecular formula is C11H8BrF3O2. The molecule has 0 fully saturated rings. The second-order valence-corrected chi connectivity index (χ2v) is 4.00. The fourth-order valence-electron chi connectivity index (χ4n) is 1.08. The van der Waals surface area contributed by atoms with Crippen LogP contribution < -0.4 is 0 Å². The lowest BCUT2D eigenvalue weighted by Gasteiger charge is -2.07. The Labute approximate surface area is 104 Å². The Balaban J connectivity index is 3.04. The summed E-state index contributed by atoms with van der Waals surface area (Å²) in [6.07, 6.45) is -4.46. The van der Waals surface area contributed by atoms with Crippen molar-refractivity contribution in [2.24, 2.45) is 0 Å². The number of hydrogen-bond donors (Lipinski definition) is 0. The lowest BCUT2D eigenvalue weighted by atomic mass is 10.1. The minimum atomic E-state index is -4.89. The molecule has 17 heavy (non-hydrogen) atoms. The van der Waals surface area contributed by atoms with E-state index in [2.05, 4.69) is 15.9 Å². The summed E-state index contributed by atoms with van der Waals surface area (Å²) in [5.74, 6) is -2.07. The van der Waals surface area contributed by atoms with Crippen LogP contribution in [0.2, 0.25) is 0 Å². The highest BCUT2D eigenvalue weighted by Gasteiger charge is 2.37. The number of benzene rings is 1. The van der Waals surface area contributed by atoms with Gasteiger partial charge in [-0.05, 0) is 12.1 Å². The first-order chi connectivity index (χ1) is 7.84. The van der Waals surface area contributed by atoms with Gasteiger partial charge in [-0.3, -0.25) is 4.79 Å². The molecule has 0 aliphatic heterocycles. The molecule has 1 rings (SSSR count). The summed E-state index contributed by atoms with van der Waals surface area (Å²) in [6, 6.07) is 6.37. The molecule has 6 heteroatoms. The van der Waals surface area contributed by atoms with E-state index in [4.69, 9.17) is 4.74 Å². The van der Waals surface area contributed by atoms with E-state index in [1.165, 1.54) is 7.11 Å². The number of allylic oxidation sites excluding steroid dienone is 1. The monoisotopic (exact) mass is 308 g/mol. The molecule has 0 radical (unpaired) electrons. The van der Waals surface area contributed by atoms with Crippen molar-refractivity contribution in [1.82, 2.24) is 0 Å². The number of hydrogen-bond acceptors (Lipinski definition) is 2. The molecule has 1 aromatic rings. The largest absolute Gasteiger partial charge is 0.496 e. The maximum absolute atomic E-state index is 12.1. The quantitative estimate of drug-likeness (QED) is 0.630. The molecule has 1 aromatic carbocycles. The first kappa shape index (κ1) is 13.8. The van der Waals surface area contributed by atoms with Crippen molar-refractivity contribution in [3.63, 3.8) is 0 Å². The van der Waals surface area contributed by atoms with Crippen LogP contribution in [0.4, 0.5) is 13.2 Å². The summed E-state index contributed by atoms with van der Waals surface area (Å²) >= 11 is 3.19. The van der Waals surface area contributed by atoms with E-state index < -0.39 is 12.0 Å². The third-order valence-electron chi connectivity index (χ3n) is 1.89. The lowest BCUT2D eigenvalue weighted by Crippen LogP contribution is -2.20. The molecule has 0 amide bonds. The molecule has 0 atom stereocenters. The second-order valence-electron chi connectivity index (χ2n) is 3.08. The van der Waals surface area contributed by atoms with Crippen LogP contribution in [0.25, 0.3) is 5.76 Å². The van der Waals surface area contributed by atoms with Crippen LogP contribution in [0.3, 0.4) is 0 Å². The number of halogens is 4. The van der Waals surface area contributed by atoms with Gasteiger partial charge in [0.25, 0.3) is 5.78 Å². The van der Waals surface area contributed by atoms with Gasteiger partial charge in [-0.15, -0.1) is 0 Å². The third kappa shape index (κ3) is 3.89. The van der Waals surface area contributed by atoms with Gasteiger partial charge < -0.3 is 4.74 Å². The van der Waals surface area contributed by atoms with E-state index in [0.29, 0.717) is 11.6 Å². The Morgan fingerprint density at radius 2 is 1.82 bits per heavy atom. The van der Waals surface area contributed by atoms with E-state index >= 15 is 0 Å². The zero-order valence-corrected chi connectivity index (χ0v) is 10.3. The standard InChI is InChI=1S/C11H8BrF3O2/c1-17-9(6-10(16)11(13,14)15)7-2-4-8(12)5-3-7/h2-6H,1H3/b9-6+. The average molecular weight is 309 g/mol. The van der Waals surface area contributed by atoms with Crippen LogP contribution >= 0.6 is 15.9 Å². The van der Waals surface area contributed by atoms with Gasteiger partial charge in [0.2, 0.25) is 0 Å². The Bertz CT molecular complexity index is 435. The zero-order valence-electron chi connectivity index (χ0n) is 8.72. The van der Waals surface area contributed by atoms with Crippen molar-refractivity contribution in [3.05, 3.63) is 40.4 Å². The predicted octanol–water partition coefficient (Wildman–Crippen LogP) is 3.57. The highest BCUT2D eigenvalue weighted by molar-refractivity contribution is 9.10. The fraction of sp³-hybridized carbons (Fsp3) is 0.182. The minimum absolute atomic E-state index is 0.125. The van der Waals surface area contributed by atoms with Crippen LogP contribution in [0.15, 0.2) is 34.8 Å². The molecule has 0 aromatic heterocycles. The molecule has 0 heterocycles. The molecule has 0 bridgehead atoms. The topological polar surface area (TPSA) is 26.3 Å².